The van der Waals surface area contributed by atoms with Gasteiger partial charge in [0, 0.05) is 18.7 Å². The smallest absolute Gasteiger partial charge is 0.409 e. The van der Waals surface area contributed by atoms with Crippen LogP contribution in [0.4, 0.5) is 18.4 Å². The Kier molecular flexibility index (Phi) is 11.1. The number of amides is 4. The number of alkyl halides is 2. The second kappa shape index (κ2) is 15.0. The summed E-state index contributed by atoms with van der Waals surface area (Å²) in [4.78, 5) is 58.1. The van der Waals surface area contributed by atoms with E-state index in [2.05, 4.69) is 15.0 Å². The molecule has 2 heterocycles. The third-order valence-electron chi connectivity index (χ3n) is 7.03. The van der Waals surface area contributed by atoms with Crippen molar-refractivity contribution in [3.8, 4) is 23.0 Å². The van der Waals surface area contributed by atoms with E-state index in [1.54, 1.807) is 45.0 Å². The summed E-state index contributed by atoms with van der Waals surface area (Å²) < 4.78 is 53.1. The number of nitrogens with two attached hydrogens (primary N) is 1. The summed E-state index contributed by atoms with van der Waals surface area (Å²) in [6.07, 6.45) is -1.50. The molecule has 14 nitrogen and oxygen atoms in total. The van der Waals surface area contributed by atoms with Crippen molar-refractivity contribution < 1.29 is 51.3 Å². The van der Waals surface area contributed by atoms with Crippen LogP contribution in [0.2, 0.25) is 0 Å². The summed E-state index contributed by atoms with van der Waals surface area (Å²) >= 11 is 0. The highest BCUT2D eigenvalue weighted by Crippen LogP contribution is 2.36. The van der Waals surface area contributed by atoms with Crippen LogP contribution in [-0.2, 0) is 20.9 Å². The van der Waals surface area contributed by atoms with Gasteiger partial charge in [0.15, 0.2) is 23.0 Å². The SMILES string of the molecule is COC(=O)N1CCN(C(=O)c2nc(-c3ccc(OC(F)F)c(OCc4ccccc4)c3)oc2[C@H](C)NC(=O)OC(C)(C)C)C(C(N)=O)C1. The van der Waals surface area contributed by atoms with Gasteiger partial charge in [-0.3, -0.25) is 9.59 Å². The van der Waals surface area contributed by atoms with Crippen molar-refractivity contribution in [2.45, 2.75) is 58.6 Å². The number of carbonyl (C=O) groups is 4. The molecular weight excluding hydrogens is 636 g/mol. The van der Waals surface area contributed by atoms with E-state index >= 15 is 0 Å². The number of aromatic nitrogens is 1. The van der Waals surface area contributed by atoms with E-state index in [9.17, 15) is 28.0 Å². The van der Waals surface area contributed by atoms with Crippen LogP contribution >= 0.6 is 0 Å². The van der Waals surface area contributed by atoms with Gasteiger partial charge in [-0.05, 0) is 51.5 Å². The number of methoxy groups -OCH3 is 1. The quantitative estimate of drug-likeness (QED) is 0.312. The lowest BCUT2D eigenvalue weighted by atomic mass is 10.1. The number of halogens is 2. The molecule has 0 bridgehead atoms. The van der Waals surface area contributed by atoms with E-state index in [1.807, 2.05) is 6.07 Å². The number of oxazole rings is 1. The Balaban J connectivity index is 1.73. The molecule has 1 aliphatic heterocycles. The highest BCUT2D eigenvalue weighted by Gasteiger charge is 2.39. The molecular formula is C32H37F2N5O9. The molecule has 16 heteroatoms. The molecule has 1 aliphatic rings. The third-order valence-corrected chi connectivity index (χ3v) is 7.03. The molecule has 3 N–H and O–H groups in total. The average Bonchev–Trinajstić information content (AvgIpc) is 3.48. The Bertz CT molecular complexity index is 1630. The fraction of sp³-hybridized carbons (Fsp3) is 0.406. The van der Waals surface area contributed by atoms with E-state index in [0.29, 0.717) is 0 Å². The Morgan fingerprint density at radius 1 is 1.08 bits per heavy atom. The molecule has 1 unspecified atom stereocenters. The first-order valence-corrected chi connectivity index (χ1v) is 14.9. The summed E-state index contributed by atoms with van der Waals surface area (Å²) in [6, 6.07) is 10.7. The van der Waals surface area contributed by atoms with Gasteiger partial charge in [-0.15, -0.1) is 0 Å². The standard InChI is InChI=1S/C32H37F2N5O9/c1-18(36-30(42)48-32(2,3)4)25-24(28(41)39-14-13-38(31(43)44-5)16-21(39)26(35)40)37-27(47-25)20-11-12-22(46-29(33)34)23(15-20)45-17-19-9-7-6-8-10-19/h6-12,15,18,21,29H,13-14,16-17H2,1-5H3,(H2,35,40)(H,36,42)/t18-,21?/m0/s1. The minimum absolute atomic E-state index is 0.0212. The van der Waals surface area contributed by atoms with Gasteiger partial charge in [0.25, 0.3) is 5.91 Å². The van der Waals surface area contributed by atoms with E-state index in [1.165, 1.54) is 37.1 Å². The second-order valence-electron chi connectivity index (χ2n) is 11.7. The van der Waals surface area contributed by atoms with Crippen molar-refractivity contribution in [3.63, 3.8) is 0 Å². The van der Waals surface area contributed by atoms with Crippen molar-refractivity contribution in [3.05, 3.63) is 65.5 Å². The largest absolute Gasteiger partial charge is 0.485 e. The Labute approximate surface area is 275 Å². The van der Waals surface area contributed by atoms with Crippen LogP contribution in [-0.4, -0.2) is 83.8 Å². The third kappa shape index (κ3) is 8.89. The molecule has 3 aromatic rings. The molecule has 0 radical (unpaired) electrons. The van der Waals surface area contributed by atoms with Crippen molar-refractivity contribution in [1.82, 2.24) is 20.1 Å². The first kappa shape index (κ1) is 35.4. The summed E-state index contributed by atoms with van der Waals surface area (Å²) in [6.45, 7) is 3.14. The summed E-state index contributed by atoms with van der Waals surface area (Å²) in [7, 11) is 1.19. The number of hydrogen-bond acceptors (Lipinski definition) is 10. The van der Waals surface area contributed by atoms with Gasteiger partial charge in [-0.1, -0.05) is 30.3 Å². The Morgan fingerprint density at radius 3 is 2.42 bits per heavy atom. The van der Waals surface area contributed by atoms with Crippen molar-refractivity contribution in [2.75, 3.05) is 26.7 Å². The molecule has 0 aliphatic carbocycles. The molecule has 1 fully saturated rings. The molecule has 258 valence electrons. The van der Waals surface area contributed by atoms with Crippen molar-refractivity contribution in [2.24, 2.45) is 5.73 Å². The topological polar surface area (TPSA) is 176 Å². The van der Waals surface area contributed by atoms with E-state index < -0.39 is 48.3 Å². The predicted molar refractivity (Wildman–Crippen MR) is 165 cm³/mol. The van der Waals surface area contributed by atoms with Crippen LogP contribution in [0.5, 0.6) is 11.5 Å². The van der Waals surface area contributed by atoms with Gasteiger partial charge in [-0.25, -0.2) is 14.6 Å². The van der Waals surface area contributed by atoms with E-state index in [-0.39, 0.29) is 60.6 Å². The summed E-state index contributed by atoms with van der Waals surface area (Å²) in [5.74, 6) is -2.19. The lowest BCUT2D eigenvalue weighted by molar-refractivity contribution is -0.124. The first-order chi connectivity index (χ1) is 22.7. The lowest BCUT2D eigenvalue weighted by Gasteiger charge is -2.38. The number of carbonyl (C=O) groups excluding carboxylic acids is 4. The zero-order valence-corrected chi connectivity index (χ0v) is 27.0. The van der Waals surface area contributed by atoms with Crippen LogP contribution in [0.3, 0.4) is 0 Å². The number of rotatable bonds is 10. The Hall–Kier alpha value is -5.41. The number of hydrogen-bond donors (Lipinski definition) is 2. The van der Waals surface area contributed by atoms with Crippen molar-refractivity contribution in [1.29, 1.82) is 0 Å². The molecule has 0 spiro atoms. The van der Waals surface area contributed by atoms with Gasteiger partial charge in [0.05, 0.1) is 19.7 Å². The number of nitrogens with zero attached hydrogens (tertiary/aromatic N) is 3. The molecule has 4 rings (SSSR count). The number of alkyl carbamates (subject to hydrolysis) is 1. The van der Waals surface area contributed by atoms with Crippen LogP contribution in [0.15, 0.2) is 52.9 Å². The highest BCUT2D eigenvalue weighted by molar-refractivity contribution is 5.97. The van der Waals surface area contributed by atoms with E-state index in [0.717, 1.165) is 10.5 Å². The normalized spacial score (nSPS) is 15.5. The van der Waals surface area contributed by atoms with Gasteiger partial charge in [0.2, 0.25) is 11.8 Å². The number of primary amides is 1. The van der Waals surface area contributed by atoms with Gasteiger partial charge < -0.3 is 44.2 Å². The van der Waals surface area contributed by atoms with Crippen LogP contribution in [0, 0.1) is 0 Å². The molecule has 0 saturated carbocycles. The molecule has 2 aromatic carbocycles. The lowest BCUT2D eigenvalue weighted by Crippen LogP contribution is -2.61. The van der Waals surface area contributed by atoms with E-state index in [4.69, 9.17) is 24.4 Å². The zero-order valence-electron chi connectivity index (χ0n) is 27.0. The van der Waals surface area contributed by atoms with Gasteiger partial charge >= 0.3 is 18.8 Å². The minimum Gasteiger partial charge on any atom is -0.485 e. The monoisotopic (exact) mass is 673 g/mol. The Morgan fingerprint density at radius 2 is 1.79 bits per heavy atom. The van der Waals surface area contributed by atoms with Gasteiger partial charge in [-0.2, -0.15) is 8.78 Å². The second-order valence-corrected chi connectivity index (χ2v) is 11.7. The number of piperazine rings is 1. The maximum absolute atomic E-state index is 14.0. The van der Waals surface area contributed by atoms with Crippen molar-refractivity contribution >= 4 is 24.0 Å². The number of benzene rings is 2. The molecule has 48 heavy (non-hydrogen) atoms. The number of ether oxygens (including phenoxy) is 4. The molecule has 2 atom stereocenters. The van der Waals surface area contributed by atoms with Crippen LogP contribution in [0.25, 0.3) is 11.5 Å². The first-order valence-electron chi connectivity index (χ1n) is 14.9. The molecule has 1 aromatic heterocycles. The molecule has 1 saturated heterocycles. The highest BCUT2D eigenvalue weighted by atomic mass is 19.3. The maximum Gasteiger partial charge on any atom is 0.409 e. The number of nitrogens with one attached hydrogen (secondary N) is 1. The van der Waals surface area contributed by atoms with Crippen LogP contribution < -0.4 is 20.5 Å². The fourth-order valence-electron chi connectivity index (χ4n) is 4.84. The predicted octanol–water partition coefficient (Wildman–Crippen LogP) is 4.49. The van der Waals surface area contributed by atoms with Gasteiger partial charge in [0.1, 0.15) is 18.2 Å². The minimum atomic E-state index is -3.13. The van der Waals surface area contributed by atoms with Crippen LogP contribution in [0.1, 0.15) is 55.5 Å². The summed E-state index contributed by atoms with van der Waals surface area (Å²) in [5, 5.41) is 2.61. The average molecular weight is 674 g/mol. The zero-order chi connectivity index (χ0) is 35.2. The fourth-order valence-corrected chi connectivity index (χ4v) is 4.84. The maximum atomic E-state index is 14.0. The molecule has 4 amide bonds. The summed E-state index contributed by atoms with van der Waals surface area (Å²) in [5.41, 5.74) is 5.49.